The van der Waals surface area contributed by atoms with Crippen molar-refractivity contribution in [2.24, 2.45) is 5.92 Å². The molecule has 1 aliphatic heterocycles. The molecule has 0 aromatic heterocycles. The third-order valence-electron chi connectivity index (χ3n) is 5.10. The summed E-state index contributed by atoms with van der Waals surface area (Å²) in [6, 6.07) is 13.8. The number of hydrogen-bond donors (Lipinski definition) is 0. The van der Waals surface area contributed by atoms with E-state index < -0.39 is 10.0 Å². The summed E-state index contributed by atoms with van der Waals surface area (Å²) in [6.07, 6.45) is 1.68. The predicted octanol–water partition coefficient (Wildman–Crippen LogP) is 4.76. The molecule has 0 N–H and O–H groups in total. The van der Waals surface area contributed by atoms with E-state index in [0.29, 0.717) is 29.8 Å². The van der Waals surface area contributed by atoms with Crippen molar-refractivity contribution in [2.45, 2.75) is 57.9 Å². The molecule has 0 saturated carbocycles. The second-order valence-corrected chi connectivity index (χ2v) is 9.91. The van der Waals surface area contributed by atoms with Crippen LogP contribution in [0.25, 0.3) is 0 Å². The van der Waals surface area contributed by atoms with Crippen molar-refractivity contribution >= 4 is 10.0 Å². The van der Waals surface area contributed by atoms with Crippen LogP contribution in [0, 0.1) is 5.92 Å². The number of benzene rings is 2. The monoisotopic (exact) mass is 371 g/mol. The van der Waals surface area contributed by atoms with E-state index in [1.54, 1.807) is 10.4 Å². The summed E-state index contributed by atoms with van der Waals surface area (Å²) < 4.78 is 28.1. The maximum Gasteiger partial charge on any atom is 0.243 e. The Balaban J connectivity index is 1.95. The topological polar surface area (TPSA) is 37.4 Å². The Hall–Kier alpha value is -1.65. The van der Waals surface area contributed by atoms with Crippen molar-refractivity contribution in [1.82, 2.24) is 4.31 Å². The first-order valence-electron chi connectivity index (χ1n) is 9.48. The number of fused-ring (bicyclic) bond motifs is 1. The lowest BCUT2D eigenvalue weighted by molar-refractivity contribution is 0.391. The normalized spacial score (nSPS) is 15.5. The van der Waals surface area contributed by atoms with Crippen LogP contribution in [-0.4, -0.2) is 19.3 Å². The van der Waals surface area contributed by atoms with Gasteiger partial charge in [0.2, 0.25) is 10.0 Å². The fourth-order valence-electron chi connectivity index (χ4n) is 3.75. The molecule has 0 aliphatic carbocycles. The van der Waals surface area contributed by atoms with Gasteiger partial charge in [-0.25, -0.2) is 8.42 Å². The summed E-state index contributed by atoms with van der Waals surface area (Å²) >= 11 is 0. The molecule has 0 radical (unpaired) electrons. The summed E-state index contributed by atoms with van der Waals surface area (Å²) in [7, 11) is -3.47. The Labute approximate surface area is 158 Å². The third-order valence-corrected chi connectivity index (χ3v) is 6.94. The van der Waals surface area contributed by atoms with Gasteiger partial charge in [0.05, 0.1) is 4.90 Å². The fourth-order valence-corrected chi connectivity index (χ4v) is 5.22. The molecule has 0 unspecified atom stereocenters. The molecule has 140 valence electrons. The molecule has 3 rings (SSSR count). The average molecular weight is 372 g/mol. The Bertz CT molecular complexity index is 885. The first-order chi connectivity index (χ1) is 12.3. The highest BCUT2D eigenvalue weighted by molar-refractivity contribution is 7.89. The molecule has 0 saturated heterocycles. The molecule has 2 aromatic carbocycles. The van der Waals surface area contributed by atoms with Gasteiger partial charge in [0, 0.05) is 13.1 Å². The number of nitrogens with zero attached hydrogens (tertiary/aromatic N) is 1. The smallest absolute Gasteiger partial charge is 0.207 e. The zero-order valence-electron chi connectivity index (χ0n) is 16.2. The molecule has 0 atom stereocenters. The minimum Gasteiger partial charge on any atom is -0.207 e. The summed E-state index contributed by atoms with van der Waals surface area (Å²) in [4.78, 5) is 0.428. The van der Waals surface area contributed by atoms with Gasteiger partial charge in [0.1, 0.15) is 0 Å². The second-order valence-electron chi connectivity index (χ2n) is 7.97. The van der Waals surface area contributed by atoms with Gasteiger partial charge in [-0.05, 0) is 59.1 Å². The zero-order chi connectivity index (χ0) is 18.9. The predicted molar refractivity (Wildman–Crippen MR) is 107 cm³/mol. The quantitative estimate of drug-likeness (QED) is 0.760. The van der Waals surface area contributed by atoms with E-state index in [4.69, 9.17) is 0 Å². The average Bonchev–Trinajstić information content (AvgIpc) is 2.60. The zero-order valence-corrected chi connectivity index (χ0v) is 17.0. The lowest BCUT2D eigenvalue weighted by atomic mass is 9.92. The molecule has 2 aromatic rings. The molecule has 0 fully saturated rings. The molecule has 1 heterocycles. The molecule has 26 heavy (non-hydrogen) atoms. The first-order valence-corrected chi connectivity index (χ1v) is 10.9. The van der Waals surface area contributed by atoms with Crippen molar-refractivity contribution in [3.05, 3.63) is 64.7 Å². The van der Waals surface area contributed by atoms with Gasteiger partial charge < -0.3 is 0 Å². The van der Waals surface area contributed by atoms with Crippen molar-refractivity contribution in [3.8, 4) is 0 Å². The van der Waals surface area contributed by atoms with Crippen molar-refractivity contribution in [2.75, 3.05) is 6.54 Å². The minimum atomic E-state index is -3.47. The van der Waals surface area contributed by atoms with E-state index >= 15 is 0 Å². The Morgan fingerprint density at radius 3 is 2.35 bits per heavy atom. The summed E-state index contributed by atoms with van der Waals surface area (Å²) in [5.41, 5.74) is 4.79. The highest BCUT2D eigenvalue weighted by Crippen LogP contribution is 2.29. The van der Waals surface area contributed by atoms with E-state index in [2.05, 4.69) is 33.8 Å². The van der Waals surface area contributed by atoms with E-state index in [1.807, 2.05) is 30.3 Å². The summed E-state index contributed by atoms with van der Waals surface area (Å²) in [5, 5.41) is 0. The van der Waals surface area contributed by atoms with Crippen LogP contribution in [0.3, 0.4) is 0 Å². The lowest BCUT2D eigenvalue weighted by Gasteiger charge is -2.28. The Kier molecular flexibility index (Phi) is 5.54. The van der Waals surface area contributed by atoms with E-state index in [9.17, 15) is 8.42 Å². The Morgan fingerprint density at radius 1 is 1.00 bits per heavy atom. The van der Waals surface area contributed by atoms with Crippen molar-refractivity contribution < 1.29 is 8.42 Å². The van der Waals surface area contributed by atoms with Gasteiger partial charge >= 0.3 is 0 Å². The van der Waals surface area contributed by atoms with Crippen LogP contribution in [0.1, 0.15) is 55.9 Å². The maximum atomic E-state index is 13.2. The summed E-state index contributed by atoms with van der Waals surface area (Å²) in [5.74, 6) is 0.884. The SMILES string of the molecule is CC(C)Cc1cc(S(=O)(=O)N2CCc3ccccc3C2)ccc1C(C)C. The minimum absolute atomic E-state index is 0.391. The number of hydrogen-bond acceptors (Lipinski definition) is 2. The van der Waals surface area contributed by atoms with Crippen LogP contribution in [0.2, 0.25) is 0 Å². The third kappa shape index (κ3) is 3.86. The molecule has 1 aliphatic rings. The van der Waals surface area contributed by atoms with Crippen LogP contribution < -0.4 is 0 Å². The largest absolute Gasteiger partial charge is 0.243 e. The van der Waals surface area contributed by atoms with Crippen molar-refractivity contribution in [1.29, 1.82) is 0 Å². The van der Waals surface area contributed by atoms with Crippen LogP contribution in [0.15, 0.2) is 47.4 Å². The molecule has 0 amide bonds. The van der Waals surface area contributed by atoms with Crippen LogP contribution in [-0.2, 0) is 29.4 Å². The van der Waals surface area contributed by atoms with Crippen molar-refractivity contribution in [3.63, 3.8) is 0 Å². The van der Waals surface area contributed by atoms with Gasteiger partial charge in [-0.1, -0.05) is 58.0 Å². The molecule has 0 spiro atoms. The standard InChI is InChI=1S/C22H29NO2S/c1-16(2)13-20-14-21(9-10-22(20)17(3)4)26(24,25)23-12-11-18-7-5-6-8-19(18)15-23/h5-10,14,16-17H,11-13,15H2,1-4H3. The first kappa shape index (κ1) is 19.1. The van der Waals surface area contributed by atoms with Gasteiger partial charge in [-0.2, -0.15) is 4.31 Å². The summed E-state index contributed by atoms with van der Waals surface area (Å²) in [6.45, 7) is 9.68. The van der Waals surface area contributed by atoms with Gasteiger partial charge in [-0.3, -0.25) is 0 Å². The molecular weight excluding hydrogens is 342 g/mol. The van der Waals surface area contributed by atoms with Crippen LogP contribution >= 0.6 is 0 Å². The van der Waals surface area contributed by atoms with Gasteiger partial charge in [-0.15, -0.1) is 0 Å². The van der Waals surface area contributed by atoms with Crippen LogP contribution in [0.5, 0.6) is 0 Å². The molecule has 0 bridgehead atoms. The molecule has 3 nitrogen and oxygen atoms in total. The number of rotatable bonds is 5. The van der Waals surface area contributed by atoms with Gasteiger partial charge in [0.15, 0.2) is 0 Å². The molecule has 4 heteroatoms. The van der Waals surface area contributed by atoms with Gasteiger partial charge in [0.25, 0.3) is 0 Å². The van der Waals surface area contributed by atoms with Crippen LogP contribution in [0.4, 0.5) is 0 Å². The lowest BCUT2D eigenvalue weighted by Crippen LogP contribution is -2.36. The maximum absolute atomic E-state index is 13.2. The number of sulfonamides is 1. The molecular formula is C22H29NO2S. The van der Waals surface area contributed by atoms with E-state index in [0.717, 1.165) is 24.0 Å². The highest BCUT2D eigenvalue weighted by Gasteiger charge is 2.28. The van der Waals surface area contributed by atoms with E-state index in [1.165, 1.54) is 11.1 Å². The Morgan fingerprint density at radius 2 is 1.69 bits per heavy atom. The van der Waals surface area contributed by atoms with E-state index in [-0.39, 0.29) is 0 Å². The second kappa shape index (κ2) is 7.53. The fraction of sp³-hybridized carbons (Fsp3) is 0.455. The highest BCUT2D eigenvalue weighted by atomic mass is 32.2.